The van der Waals surface area contributed by atoms with Crippen molar-refractivity contribution in [3.8, 4) is 5.75 Å². The summed E-state index contributed by atoms with van der Waals surface area (Å²) in [6.07, 6.45) is -10.2. The number of benzene rings is 2. The van der Waals surface area contributed by atoms with Gasteiger partial charge in [-0.15, -0.1) is 13.2 Å². The molecule has 1 aliphatic rings. The second kappa shape index (κ2) is 7.52. The third-order valence-electron chi connectivity index (χ3n) is 4.18. The average Bonchev–Trinajstić information content (AvgIpc) is 2.91. The Morgan fingerprint density at radius 3 is 2.07 bits per heavy atom. The molecule has 1 fully saturated rings. The molecular weight excluding hydrogens is 420 g/mol. The van der Waals surface area contributed by atoms with Crippen molar-refractivity contribution in [1.29, 1.82) is 0 Å². The minimum absolute atomic E-state index is 0.197. The number of amides is 3. The van der Waals surface area contributed by atoms with Gasteiger partial charge in [-0.1, -0.05) is 30.3 Å². The van der Waals surface area contributed by atoms with Crippen LogP contribution in [0.3, 0.4) is 0 Å². The highest BCUT2D eigenvalue weighted by atomic mass is 19.4. The first kappa shape index (κ1) is 21.4. The van der Waals surface area contributed by atoms with Gasteiger partial charge in [0.1, 0.15) is 5.75 Å². The molecule has 0 spiro atoms. The molecule has 2 aromatic rings. The lowest BCUT2D eigenvalue weighted by Crippen LogP contribution is -2.68. The van der Waals surface area contributed by atoms with Crippen molar-refractivity contribution in [3.05, 3.63) is 60.2 Å². The number of anilines is 1. The Balaban J connectivity index is 1.87. The smallest absolute Gasteiger partial charge is 0.406 e. The molecule has 160 valence electrons. The quantitative estimate of drug-likeness (QED) is 0.558. The third kappa shape index (κ3) is 4.17. The highest BCUT2D eigenvalue weighted by Crippen LogP contribution is 2.36. The monoisotopic (exact) mass is 433 g/mol. The first-order valence-electron chi connectivity index (χ1n) is 8.31. The van der Waals surface area contributed by atoms with Crippen LogP contribution in [-0.4, -0.2) is 30.1 Å². The van der Waals surface area contributed by atoms with Gasteiger partial charge in [0.05, 0.1) is 5.69 Å². The fraction of sp³-hybridized carbons (Fsp3) is 0.222. The van der Waals surface area contributed by atoms with Crippen LogP contribution in [0.1, 0.15) is 5.56 Å². The number of hydrogen-bond donors (Lipinski definition) is 2. The van der Waals surface area contributed by atoms with Crippen molar-refractivity contribution < 1.29 is 40.7 Å². The van der Waals surface area contributed by atoms with Crippen LogP contribution in [0.25, 0.3) is 0 Å². The Hall–Kier alpha value is -3.28. The lowest BCUT2D eigenvalue weighted by molar-refractivity contribution is -0.274. The van der Waals surface area contributed by atoms with E-state index >= 15 is 0 Å². The van der Waals surface area contributed by atoms with Crippen molar-refractivity contribution in [2.45, 2.75) is 24.7 Å². The summed E-state index contributed by atoms with van der Waals surface area (Å²) in [5, 5.41) is 3.67. The summed E-state index contributed by atoms with van der Waals surface area (Å²) in [7, 11) is 0. The van der Waals surface area contributed by atoms with Gasteiger partial charge >= 0.3 is 18.6 Å². The predicted octanol–water partition coefficient (Wildman–Crippen LogP) is 3.69. The van der Waals surface area contributed by atoms with E-state index in [0.717, 1.165) is 24.3 Å². The summed E-state index contributed by atoms with van der Waals surface area (Å²) in [5.74, 6) is -2.33. The van der Waals surface area contributed by atoms with E-state index in [0.29, 0.717) is 5.56 Å². The molecule has 1 heterocycles. The highest BCUT2D eigenvalue weighted by molar-refractivity contribution is 6.23. The van der Waals surface area contributed by atoms with Crippen LogP contribution in [-0.2, 0) is 11.3 Å². The molecule has 3 rings (SSSR count). The topological polar surface area (TPSA) is 70.7 Å². The summed E-state index contributed by atoms with van der Waals surface area (Å²) in [5.41, 5.74) is -3.34. The molecule has 6 nitrogen and oxygen atoms in total. The van der Waals surface area contributed by atoms with Crippen molar-refractivity contribution in [2.24, 2.45) is 0 Å². The predicted molar refractivity (Wildman–Crippen MR) is 91.2 cm³/mol. The molecule has 2 aromatic carbocycles. The van der Waals surface area contributed by atoms with Crippen LogP contribution < -0.4 is 20.3 Å². The fourth-order valence-electron chi connectivity index (χ4n) is 2.80. The van der Waals surface area contributed by atoms with Crippen molar-refractivity contribution in [2.75, 3.05) is 4.90 Å². The Morgan fingerprint density at radius 2 is 1.53 bits per heavy atom. The van der Waals surface area contributed by atoms with E-state index < -0.39 is 42.4 Å². The molecule has 0 unspecified atom stereocenters. The largest absolute Gasteiger partial charge is 0.573 e. The van der Waals surface area contributed by atoms with Gasteiger partial charge in [0, 0.05) is 6.54 Å². The number of rotatable bonds is 5. The van der Waals surface area contributed by atoms with Crippen molar-refractivity contribution in [1.82, 2.24) is 10.6 Å². The molecule has 12 heteroatoms. The van der Waals surface area contributed by atoms with Gasteiger partial charge in [-0.3, -0.25) is 10.1 Å². The number of hydrogen-bond acceptors (Lipinski definition) is 4. The van der Waals surface area contributed by atoms with E-state index in [1.54, 1.807) is 23.5 Å². The van der Waals surface area contributed by atoms with Crippen LogP contribution in [0, 0.1) is 0 Å². The molecule has 0 radical (unpaired) electrons. The normalized spacial score (nSPS) is 19.7. The SMILES string of the molecule is O=C1N[C@@](NCc2ccccc2)(C(F)(F)F)C(=O)N1c1ccc(OC(F)(F)F)cc1. The van der Waals surface area contributed by atoms with Crippen LogP contribution in [0.15, 0.2) is 54.6 Å². The van der Waals surface area contributed by atoms with E-state index in [4.69, 9.17) is 0 Å². The molecule has 1 aliphatic heterocycles. The number of urea groups is 1. The Bertz CT molecular complexity index is 931. The second-order valence-corrected chi connectivity index (χ2v) is 6.20. The summed E-state index contributed by atoms with van der Waals surface area (Å²) >= 11 is 0. The minimum Gasteiger partial charge on any atom is -0.406 e. The number of nitrogens with one attached hydrogen (secondary N) is 2. The van der Waals surface area contributed by atoms with Crippen LogP contribution in [0.2, 0.25) is 0 Å². The molecule has 1 atom stereocenters. The van der Waals surface area contributed by atoms with Crippen LogP contribution >= 0.6 is 0 Å². The average molecular weight is 433 g/mol. The zero-order valence-corrected chi connectivity index (χ0v) is 14.8. The first-order chi connectivity index (χ1) is 13.9. The molecular formula is C18H13F6N3O3. The summed E-state index contributed by atoms with van der Waals surface area (Å²) in [6.45, 7) is -0.390. The van der Waals surface area contributed by atoms with Gasteiger partial charge in [-0.05, 0) is 29.8 Å². The van der Waals surface area contributed by atoms with Crippen LogP contribution in [0.5, 0.6) is 5.75 Å². The number of halogens is 6. The Morgan fingerprint density at radius 1 is 0.933 bits per heavy atom. The maximum absolute atomic E-state index is 13.8. The van der Waals surface area contributed by atoms with Crippen molar-refractivity contribution in [3.63, 3.8) is 0 Å². The highest BCUT2D eigenvalue weighted by Gasteiger charge is 2.67. The number of carbonyl (C=O) groups is 2. The van der Waals surface area contributed by atoms with Gasteiger partial charge < -0.3 is 10.1 Å². The molecule has 0 aliphatic carbocycles. The second-order valence-electron chi connectivity index (χ2n) is 6.20. The van der Waals surface area contributed by atoms with E-state index in [1.807, 2.05) is 0 Å². The number of alkyl halides is 6. The molecule has 2 N–H and O–H groups in total. The van der Waals surface area contributed by atoms with Gasteiger partial charge in [0.2, 0.25) is 0 Å². The number of nitrogens with zero attached hydrogens (tertiary/aromatic N) is 1. The van der Waals surface area contributed by atoms with Gasteiger partial charge in [-0.2, -0.15) is 13.2 Å². The van der Waals surface area contributed by atoms with Crippen LogP contribution in [0.4, 0.5) is 36.8 Å². The van der Waals surface area contributed by atoms with E-state index in [1.165, 1.54) is 12.1 Å². The Kier molecular flexibility index (Phi) is 5.37. The molecule has 0 saturated carbocycles. The van der Waals surface area contributed by atoms with Gasteiger partial charge in [0.15, 0.2) is 0 Å². The lowest BCUT2D eigenvalue weighted by atomic mass is 10.1. The summed E-state index contributed by atoms with van der Waals surface area (Å²) in [4.78, 5) is 25.1. The Labute approximate surface area is 165 Å². The maximum Gasteiger partial charge on any atom is 0.573 e. The number of carbonyl (C=O) groups excluding carboxylic acids is 2. The fourth-order valence-corrected chi connectivity index (χ4v) is 2.80. The lowest BCUT2D eigenvalue weighted by Gasteiger charge is -2.30. The third-order valence-corrected chi connectivity index (χ3v) is 4.18. The van der Waals surface area contributed by atoms with Gasteiger partial charge in [0.25, 0.3) is 11.6 Å². The molecule has 3 amide bonds. The maximum atomic E-state index is 13.8. The molecule has 30 heavy (non-hydrogen) atoms. The first-order valence-corrected chi connectivity index (χ1v) is 8.31. The summed E-state index contributed by atoms with van der Waals surface area (Å²) in [6, 6.07) is 9.76. The van der Waals surface area contributed by atoms with Crippen molar-refractivity contribution >= 4 is 17.6 Å². The zero-order valence-electron chi connectivity index (χ0n) is 14.8. The number of imide groups is 1. The molecule has 1 saturated heterocycles. The molecule has 0 aromatic heterocycles. The zero-order chi connectivity index (χ0) is 22.2. The van der Waals surface area contributed by atoms with Gasteiger partial charge in [-0.25, -0.2) is 9.69 Å². The van der Waals surface area contributed by atoms with E-state index in [-0.39, 0.29) is 10.6 Å². The minimum atomic E-state index is -5.21. The van der Waals surface area contributed by atoms with E-state index in [9.17, 15) is 35.9 Å². The molecule has 0 bridgehead atoms. The summed E-state index contributed by atoms with van der Waals surface area (Å²) < 4.78 is 81.8. The standard InChI is InChI=1S/C18H13F6N3O3/c19-17(20,21)16(25-10-11-4-2-1-3-5-11)14(28)27(15(29)26-16)12-6-8-13(9-7-12)30-18(22,23)24/h1-9,25H,10H2,(H,26,29)/t16-/m1/s1. The van der Waals surface area contributed by atoms with E-state index in [2.05, 4.69) is 10.1 Å². The number of ether oxygens (including phenoxy) is 1.